The van der Waals surface area contributed by atoms with Gasteiger partial charge >= 0.3 is 0 Å². The minimum atomic E-state index is -0.135. The first-order valence-electron chi connectivity index (χ1n) is 14.0. The SMILES string of the molecule is Cc1cccc2c1CNC[C@]21CNC[C@H]1C(=O)N1CC[C@@H](c2ccccc2)C[C@H]1C1CCCCC1. The molecule has 0 radical (unpaired) electrons. The van der Waals surface area contributed by atoms with Crippen molar-refractivity contribution in [3.63, 3.8) is 0 Å². The zero-order chi connectivity index (χ0) is 23.8. The molecule has 4 heteroatoms. The van der Waals surface area contributed by atoms with E-state index >= 15 is 0 Å². The number of rotatable bonds is 3. The summed E-state index contributed by atoms with van der Waals surface area (Å²) in [6, 6.07) is 18.1. The first kappa shape index (κ1) is 23.2. The summed E-state index contributed by atoms with van der Waals surface area (Å²) < 4.78 is 0. The highest BCUT2D eigenvalue weighted by molar-refractivity contribution is 5.82. The van der Waals surface area contributed by atoms with Gasteiger partial charge in [0.05, 0.1) is 5.92 Å². The van der Waals surface area contributed by atoms with Crippen molar-refractivity contribution in [1.82, 2.24) is 15.5 Å². The summed E-state index contributed by atoms with van der Waals surface area (Å²) >= 11 is 0. The Balaban J connectivity index is 1.31. The number of amides is 1. The van der Waals surface area contributed by atoms with Crippen LogP contribution < -0.4 is 10.6 Å². The molecule has 2 aromatic carbocycles. The van der Waals surface area contributed by atoms with Gasteiger partial charge in [0.2, 0.25) is 5.91 Å². The molecule has 6 rings (SSSR count). The average Bonchev–Trinajstić information content (AvgIpc) is 3.33. The van der Waals surface area contributed by atoms with Crippen molar-refractivity contribution in [1.29, 1.82) is 0 Å². The van der Waals surface area contributed by atoms with Crippen LogP contribution in [0.1, 0.15) is 73.1 Å². The Morgan fingerprint density at radius 3 is 2.57 bits per heavy atom. The number of likely N-dealkylation sites (tertiary alicyclic amines) is 1. The van der Waals surface area contributed by atoms with Crippen molar-refractivity contribution in [2.75, 3.05) is 26.2 Å². The predicted molar refractivity (Wildman–Crippen MR) is 141 cm³/mol. The number of nitrogens with zero attached hydrogens (tertiary/aromatic N) is 1. The Labute approximate surface area is 210 Å². The van der Waals surface area contributed by atoms with E-state index in [9.17, 15) is 4.79 Å². The standard InChI is InChI=1S/C31H41N3O/c1-22-9-8-14-27-26(22)18-32-20-31(27)21-33-19-28(31)30(35)34-16-15-25(23-10-4-2-5-11-23)17-29(34)24-12-6-3-7-13-24/h2,4-5,8-11,14,24-25,28-29,32-33H,3,6-7,12-13,15-21H2,1H3/t25-,28+,29+,31+/m1/s1. The van der Waals surface area contributed by atoms with Crippen molar-refractivity contribution in [3.05, 3.63) is 70.8 Å². The minimum absolute atomic E-state index is 0.00946. The van der Waals surface area contributed by atoms with E-state index in [2.05, 4.69) is 71.0 Å². The van der Waals surface area contributed by atoms with Crippen molar-refractivity contribution in [3.8, 4) is 0 Å². The van der Waals surface area contributed by atoms with Crippen molar-refractivity contribution in [2.45, 2.75) is 75.8 Å². The van der Waals surface area contributed by atoms with Gasteiger partial charge in [-0.25, -0.2) is 0 Å². The maximum Gasteiger partial charge on any atom is 0.228 e. The Hall–Kier alpha value is -2.17. The topological polar surface area (TPSA) is 44.4 Å². The average molecular weight is 472 g/mol. The molecule has 1 saturated carbocycles. The molecule has 35 heavy (non-hydrogen) atoms. The first-order chi connectivity index (χ1) is 17.2. The van der Waals surface area contributed by atoms with E-state index in [0.717, 1.165) is 45.6 Å². The van der Waals surface area contributed by atoms with E-state index in [1.165, 1.54) is 54.4 Å². The highest BCUT2D eigenvalue weighted by Crippen LogP contribution is 2.44. The molecule has 186 valence electrons. The number of nitrogens with one attached hydrogen (secondary N) is 2. The third-order valence-corrected chi connectivity index (χ3v) is 9.84. The van der Waals surface area contributed by atoms with Crippen LogP contribution in [0.3, 0.4) is 0 Å². The molecule has 1 aliphatic carbocycles. The molecule has 1 spiro atoms. The second-order valence-electron chi connectivity index (χ2n) is 11.7. The van der Waals surface area contributed by atoms with Gasteiger partial charge in [-0.2, -0.15) is 0 Å². The molecular weight excluding hydrogens is 430 g/mol. The molecule has 0 bridgehead atoms. The van der Waals surface area contributed by atoms with Crippen LogP contribution in [0.25, 0.3) is 0 Å². The van der Waals surface area contributed by atoms with Gasteiger partial charge in [-0.05, 0) is 66.7 Å². The van der Waals surface area contributed by atoms with Gasteiger partial charge in [0.25, 0.3) is 0 Å². The molecule has 3 heterocycles. The van der Waals surface area contributed by atoms with Crippen LogP contribution in [0.4, 0.5) is 0 Å². The van der Waals surface area contributed by atoms with Gasteiger partial charge in [-0.15, -0.1) is 0 Å². The van der Waals surface area contributed by atoms with E-state index < -0.39 is 0 Å². The van der Waals surface area contributed by atoms with E-state index in [1.807, 2.05) is 0 Å². The molecule has 0 unspecified atom stereocenters. The fourth-order valence-corrected chi connectivity index (χ4v) is 7.92. The van der Waals surface area contributed by atoms with Crippen molar-refractivity contribution < 1.29 is 4.79 Å². The van der Waals surface area contributed by atoms with E-state index in [1.54, 1.807) is 0 Å². The van der Waals surface area contributed by atoms with Gasteiger partial charge in [0, 0.05) is 44.2 Å². The lowest BCUT2D eigenvalue weighted by atomic mass is 9.67. The third kappa shape index (κ3) is 4.13. The Kier molecular flexibility index (Phi) is 6.45. The van der Waals surface area contributed by atoms with Crippen LogP contribution >= 0.6 is 0 Å². The van der Waals surface area contributed by atoms with Gasteiger partial charge in [-0.1, -0.05) is 67.8 Å². The zero-order valence-electron chi connectivity index (χ0n) is 21.3. The Morgan fingerprint density at radius 2 is 1.74 bits per heavy atom. The second kappa shape index (κ2) is 9.71. The van der Waals surface area contributed by atoms with Crippen molar-refractivity contribution >= 4 is 5.91 Å². The number of piperidine rings is 1. The van der Waals surface area contributed by atoms with Crippen LogP contribution in [0.2, 0.25) is 0 Å². The fourth-order valence-electron chi connectivity index (χ4n) is 7.92. The summed E-state index contributed by atoms with van der Waals surface area (Å²) in [7, 11) is 0. The lowest BCUT2D eigenvalue weighted by Crippen LogP contribution is -2.57. The monoisotopic (exact) mass is 471 g/mol. The third-order valence-electron chi connectivity index (χ3n) is 9.84. The van der Waals surface area contributed by atoms with E-state index in [4.69, 9.17) is 0 Å². The maximum absolute atomic E-state index is 14.5. The summed E-state index contributed by atoms with van der Waals surface area (Å²) in [5.41, 5.74) is 5.49. The highest BCUT2D eigenvalue weighted by atomic mass is 16.2. The van der Waals surface area contributed by atoms with Gasteiger partial charge in [0.15, 0.2) is 0 Å². The summed E-state index contributed by atoms with van der Waals surface area (Å²) in [6.07, 6.45) is 8.79. The summed E-state index contributed by atoms with van der Waals surface area (Å²) in [6.45, 7) is 6.61. The summed E-state index contributed by atoms with van der Waals surface area (Å²) in [4.78, 5) is 16.9. The second-order valence-corrected chi connectivity index (χ2v) is 11.7. The predicted octanol–water partition coefficient (Wildman–Crippen LogP) is 4.91. The molecule has 2 saturated heterocycles. The Bertz CT molecular complexity index is 1050. The molecule has 0 aromatic heterocycles. The normalized spacial score (nSPS) is 31.5. The number of carbonyl (C=O) groups excluding carboxylic acids is 1. The molecule has 4 nitrogen and oxygen atoms in total. The van der Waals surface area contributed by atoms with Crippen LogP contribution in [0, 0.1) is 18.8 Å². The summed E-state index contributed by atoms with van der Waals surface area (Å²) in [5.74, 6) is 1.65. The lowest BCUT2D eigenvalue weighted by molar-refractivity contribution is -0.142. The van der Waals surface area contributed by atoms with Gasteiger partial charge < -0.3 is 15.5 Å². The number of benzene rings is 2. The molecular formula is C31H41N3O. The van der Waals surface area contributed by atoms with E-state index in [0.29, 0.717) is 23.8 Å². The fraction of sp³-hybridized carbons (Fsp3) is 0.581. The van der Waals surface area contributed by atoms with Gasteiger partial charge in [-0.3, -0.25) is 4.79 Å². The minimum Gasteiger partial charge on any atom is -0.339 e. The Morgan fingerprint density at radius 1 is 0.943 bits per heavy atom. The summed E-state index contributed by atoms with van der Waals surface area (Å²) in [5, 5.41) is 7.35. The number of hydrogen-bond acceptors (Lipinski definition) is 3. The van der Waals surface area contributed by atoms with Crippen LogP contribution in [-0.2, 0) is 16.8 Å². The van der Waals surface area contributed by atoms with Crippen LogP contribution in [0.5, 0.6) is 0 Å². The highest BCUT2D eigenvalue weighted by Gasteiger charge is 2.52. The molecule has 3 aliphatic heterocycles. The lowest BCUT2D eigenvalue weighted by Gasteiger charge is -2.48. The molecule has 4 aliphatic rings. The number of hydrogen-bond donors (Lipinski definition) is 2. The largest absolute Gasteiger partial charge is 0.339 e. The smallest absolute Gasteiger partial charge is 0.228 e. The molecule has 1 amide bonds. The first-order valence-corrected chi connectivity index (χ1v) is 14.0. The molecule has 3 fully saturated rings. The maximum atomic E-state index is 14.5. The zero-order valence-corrected chi connectivity index (χ0v) is 21.3. The van der Waals surface area contributed by atoms with Crippen molar-refractivity contribution in [2.24, 2.45) is 11.8 Å². The molecule has 4 atom stereocenters. The van der Waals surface area contributed by atoms with Crippen LogP contribution in [0.15, 0.2) is 48.5 Å². The number of aryl methyl sites for hydroxylation is 1. The van der Waals surface area contributed by atoms with Gasteiger partial charge in [0.1, 0.15) is 0 Å². The quantitative estimate of drug-likeness (QED) is 0.669. The van der Waals surface area contributed by atoms with Crippen LogP contribution in [-0.4, -0.2) is 43.0 Å². The number of carbonyl (C=O) groups is 1. The van der Waals surface area contributed by atoms with E-state index in [-0.39, 0.29) is 11.3 Å². The molecule has 2 aromatic rings. The molecule has 2 N–H and O–H groups in total. The number of fused-ring (bicyclic) bond motifs is 2.